The Morgan fingerprint density at radius 3 is 2.60 bits per heavy atom. The molecule has 20 heavy (non-hydrogen) atoms. The van der Waals surface area contributed by atoms with Gasteiger partial charge >= 0.3 is 0 Å². The van der Waals surface area contributed by atoms with E-state index < -0.39 is 0 Å². The summed E-state index contributed by atoms with van der Waals surface area (Å²) in [4.78, 5) is 0. The molecule has 106 valence electrons. The molecule has 0 aliphatic heterocycles. The molecule has 0 fully saturated rings. The van der Waals surface area contributed by atoms with Crippen LogP contribution in [-0.4, -0.2) is 13.2 Å². The Labute approximate surface area is 119 Å². The first-order valence-electron chi connectivity index (χ1n) is 6.99. The van der Waals surface area contributed by atoms with E-state index in [1.54, 1.807) is 6.07 Å². The summed E-state index contributed by atoms with van der Waals surface area (Å²) >= 11 is 0. The number of anilines is 1. The molecule has 0 spiro atoms. The minimum absolute atomic E-state index is 0.234. The molecule has 0 saturated heterocycles. The third-order valence-electron chi connectivity index (χ3n) is 2.99. The van der Waals surface area contributed by atoms with Crippen LogP contribution in [-0.2, 0) is 6.42 Å². The van der Waals surface area contributed by atoms with Crippen molar-refractivity contribution in [3.63, 3.8) is 0 Å². The van der Waals surface area contributed by atoms with E-state index in [1.165, 1.54) is 17.7 Å². The Kier molecular flexibility index (Phi) is 5.42. The van der Waals surface area contributed by atoms with Crippen molar-refractivity contribution in [1.82, 2.24) is 0 Å². The van der Waals surface area contributed by atoms with Crippen LogP contribution in [0.3, 0.4) is 0 Å². The van der Waals surface area contributed by atoms with E-state index in [0.29, 0.717) is 13.2 Å². The number of rotatable bonds is 7. The minimum atomic E-state index is -0.234. The quantitative estimate of drug-likeness (QED) is 0.761. The highest BCUT2D eigenvalue weighted by Crippen LogP contribution is 2.13. The van der Waals surface area contributed by atoms with Gasteiger partial charge in [-0.25, -0.2) is 4.39 Å². The molecule has 0 aliphatic rings. The van der Waals surface area contributed by atoms with E-state index >= 15 is 0 Å². The molecule has 2 aromatic carbocycles. The molecule has 2 nitrogen and oxygen atoms in total. The molecule has 0 heterocycles. The zero-order valence-corrected chi connectivity index (χ0v) is 11.7. The van der Waals surface area contributed by atoms with Gasteiger partial charge in [0.05, 0.1) is 0 Å². The Morgan fingerprint density at radius 1 is 1.10 bits per heavy atom. The van der Waals surface area contributed by atoms with Crippen molar-refractivity contribution in [1.29, 1.82) is 0 Å². The van der Waals surface area contributed by atoms with Crippen LogP contribution >= 0.6 is 0 Å². The lowest BCUT2D eigenvalue weighted by molar-refractivity contribution is 0.333. The average Bonchev–Trinajstić information content (AvgIpc) is 2.46. The molecule has 0 amide bonds. The predicted octanol–water partition coefficient (Wildman–Crippen LogP) is 4.27. The number of aryl methyl sites for hydroxylation is 1. The molecule has 0 radical (unpaired) electrons. The summed E-state index contributed by atoms with van der Waals surface area (Å²) in [5.41, 5.74) is 2.10. The number of hydrogen-bond acceptors (Lipinski definition) is 2. The molecule has 2 rings (SSSR count). The van der Waals surface area contributed by atoms with Crippen LogP contribution in [0, 0.1) is 5.82 Å². The Bertz CT molecular complexity index is 525. The van der Waals surface area contributed by atoms with E-state index in [2.05, 4.69) is 24.4 Å². The Hall–Kier alpha value is -2.03. The van der Waals surface area contributed by atoms with Gasteiger partial charge in [-0.15, -0.1) is 0 Å². The maximum absolute atomic E-state index is 13.0. The van der Waals surface area contributed by atoms with Gasteiger partial charge < -0.3 is 10.1 Å². The first-order chi connectivity index (χ1) is 9.78. The standard InChI is InChI=1S/C17H20FNO/c1-2-4-14-7-9-17(10-8-14)20-12-11-19-16-6-3-5-15(18)13-16/h3,5-10,13,19H,2,4,11-12H2,1H3. The fourth-order valence-electron chi connectivity index (χ4n) is 2.00. The lowest BCUT2D eigenvalue weighted by Gasteiger charge is -2.09. The van der Waals surface area contributed by atoms with Crippen molar-refractivity contribution in [3.05, 3.63) is 59.9 Å². The number of ether oxygens (including phenoxy) is 1. The van der Waals surface area contributed by atoms with Gasteiger partial charge in [-0.05, 0) is 42.3 Å². The number of hydrogen-bond donors (Lipinski definition) is 1. The summed E-state index contributed by atoms with van der Waals surface area (Å²) in [5.74, 6) is 0.633. The normalized spacial score (nSPS) is 10.3. The summed E-state index contributed by atoms with van der Waals surface area (Å²) in [7, 11) is 0. The van der Waals surface area contributed by atoms with Crippen molar-refractivity contribution in [2.45, 2.75) is 19.8 Å². The highest BCUT2D eigenvalue weighted by Gasteiger charge is 1.97. The molecule has 0 bridgehead atoms. The fourth-order valence-corrected chi connectivity index (χ4v) is 2.00. The van der Waals surface area contributed by atoms with Gasteiger partial charge in [0.25, 0.3) is 0 Å². The van der Waals surface area contributed by atoms with Crippen LogP contribution in [0.5, 0.6) is 5.75 Å². The number of nitrogens with one attached hydrogen (secondary N) is 1. The number of halogens is 1. The first-order valence-corrected chi connectivity index (χ1v) is 6.99. The second kappa shape index (κ2) is 7.53. The Balaban J connectivity index is 1.73. The SMILES string of the molecule is CCCc1ccc(OCCNc2cccc(F)c2)cc1. The lowest BCUT2D eigenvalue weighted by Crippen LogP contribution is -2.11. The Morgan fingerprint density at radius 2 is 1.90 bits per heavy atom. The van der Waals surface area contributed by atoms with Gasteiger partial charge in [0.1, 0.15) is 18.2 Å². The van der Waals surface area contributed by atoms with Crippen LogP contribution in [0.2, 0.25) is 0 Å². The molecule has 0 unspecified atom stereocenters. The second-order valence-electron chi connectivity index (χ2n) is 4.68. The van der Waals surface area contributed by atoms with E-state index in [9.17, 15) is 4.39 Å². The first kappa shape index (κ1) is 14.4. The topological polar surface area (TPSA) is 21.3 Å². The van der Waals surface area contributed by atoms with Crippen LogP contribution in [0.25, 0.3) is 0 Å². The molecule has 2 aromatic rings. The van der Waals surface area contributed by atoms with E-state index in [-0.39, 0.29) is 5.82 Å². The molecule has 0 atom stereocenters. The largest absolute Gasteiger partial charge is 0.492 e. The zero-order chi connectivity index (χ0) is 14.2. The fraction of sp³-hybridized carbons (Fsp3) is 0.294. The van der Waals surface area contributed by atoms with Gasteiger partial charge in [-0.3, -0.25) is 0 Å². The molecule has 0 aromatic heterocycles. The minimum Gasteiger partial charge on any atom is -0.492 e. The van der Waals surface area contributed by atoms with Gasteiger partial charge in [-0.2, -0.15) is 0 Å². The summed E-state index contributed by atoms with van der Waals surface area (Å²) < 4.78 is 18.6. The maximum Gasteiger partial charge on any atom is 0.125 e. The molecule has 3 heteroatoms. The van der Waals surface area contributed by atoms with Gasteiger partial charge in [0.15, 0.2) is 0 Å². The van der Waals surface area contributed by atoms with Crippen molar-refractivity contribution < 1.29 is 9.13 Å². The van der Waals surface area contributed by atoms with E-state index in [0.717, 1.165) is 24.3 Å². The maximum atomic E-state index is 13.0. The highest BCUT2D eigenvalue weighted by molar-refractivity contribution is 5.42. The highest BCUT2D eigenvalue weighted by atomic mass is 19.1. The molecule has 0 aliphatic carbocycles. The van der Waals surface area contributed by atoms with Gasteiger partial charge in [0, 0.05) is 12.2 Å². The van der Waals surface area contributed by atoms with Gasteiger partial charge in [0.2, 0.25) is 0 Å². The summed E-state index contributed by atoms with van der Waals surface area (Å²) in [6, 6.07) is 14.6. The molecule has 0 saturated carbocycles. The van der Waals surface area contributed by atoms with Crippen LogP contribution in [0.4, 0.5) is 10.1 Å². The lowest BCUT2D eigenvalue weighted by atomic mass is 10.1. The second-order valence-corrected chi connectivity index (χ2v) is 4.68. The van der Waals surface area contributed by atoms with Crippen molar-refractivity contribution in [2.24, 2.45) is 0 Å². The third-order valence-corrected chi connectivity index (χ3v) is 2.99. The molecule has 1 N–H and O–H groups in total. The van der Waals surface area contributed by atoms with Crippen LogP contribution < -0.4 is 10.1 Å². The summed E-state index contributed by atoms with van der Waals surface area (Å²) in [6.07, 6.45) is 2.25. The van der Waals surface area contributed by atoms with Crippen LogP contribution in [0.1, 0.15) is 18.9 Å². The average molecular weight is 273 g/mol. The zero-order valence-electron chi connectivity index (χ0n) is 11.7. The van der Waals surface area contributed by atoms with Gasteiger partial charge in [-0.1, -0.05) is 31.5 Å². The smallest absolute Gasteiger partial charge is 0.125 e. The van der Waals surface area contributed by atoms with E-state index in [1.807, 2.05) is 18.2 Å². The predicted molar refractivity (Wildman–Crippen MR) is 80.8 cm³/mol. The monoisotopic (exact) mass is 273 g/mol. The van der Waals surface area contributed by atoms with Crippen molar-refractivity contribution >= 4 is 5.69 Å². The number of benzene rings is 2. The summed E-state index contributed by atoms with van der Waals surface area (Å²) in [6.45, 7) is 3.35. The van der Waals surface area contributed by atoms with Crippen LogP contribution in [0.15, 0.2) is 48.5 Å². The van der Waals surface area contributed by atoms with E-state index in [4.69, 9.17) is 4.74 Å². The molecular weight excluding hydrogens is 253 g/mol. The third kappa shape index (κ3) is 4.57. The van der Waals surface area contributed by atoms with Crippen molar-refractivity contribution in [3.8, 4) is 5.75 Å². The summed E-state index contributed by atoms with van der Waals surface area (Å²) in [5, 5.41) is 3.12. The molecular formula is C17H20FNO. The van der Waals surface area contributed by atoms with Crippen molar-refractivity contribution in [2.75, 3.05) is 18.5 Å².